The smallest absolute Gasteiger partial charge is 0.237 e. The van der Waals surface area contributed by atoms with Crippen molar-refractivity contribution in [2.45, 2.75) is 44.7 Å². The van der Waals surface area contributed by atoms with Crippen molar-refractivity contribution in [2.75, 3.05) is 6.54 Å². The van der Waals surface area contributed by atoms with E-state index in [1.165, 1.54) is 5.56 Å². The van der Waals surface area contributed by atoms with Crippen LogP contribution in [0.1, 0.15) is 31.7 Å². The summed E-state index contributed by atoms with van der Waals surface area (Å²) in [4.78, 5) is 11.9. The van der Waals surface area contributed by atoms with Crippen molar-refractivity contribution in [1.82, 2.24) is 5.32 Å². The lowest BCUT2D eigenvalue weighted by Crippen LogP contribution is -2.45. The summed E-state index contributed by atoms with van der Waals surface area (Å²) in [5.41, 5.74) is 12.5. The van der Waals surface area contributed by atoms with E-state index in [1.54, 1.807) is 0 Å². The number of benzene rings is 1. The lowest BCUT2D eigenvalue weighted by molar-refractivity contribution is -0.123. The quantitative estimate of drug-likeness (QED) is 0.616. The molecule has 19 heavy (non-hydrogen) atoms. The summed E-state index contributed by atoms with van der Waals surface area (Å²) >= 11 is 0. The molecule has 0 aliphatic heterocycles. The molecular weight excluding hydrogens is 238 g/mol. The summed E-state index contributed by atoms with van der Waals surface area (Å²) < 4.78 is 0. The Morgan fingerprint density at radius 3 is 2.58 bits per heavy atom. The Morgan fingerprint density at radius 1 is 1.26 bits per heavy atom. The minimum absolute atomic E-state index is 0.0690. The van der Waals surface area contributed by atoms with Crippen LogP contribution in [0, 0.1) is 0 Å². The van der Waals surface area contributed by atoms with Gasteiger partial charge in [-0.15, -0.1) is 0 Å². The Bertz CT molecular complexity index is 367. The summed E-state index contributed by atoms with van der Waals surface area (Å²) in [5, 5.41) is 2.96. The van der Waals surface area contributed by atoms with Gasteiger partial charge in [0.25, 0.3) is 0 Å². The molecule has 5 N–H and O–H groups in total. The summed E-state index contributed by atoms with van der Waals surface area (Å²) in [6.45, 7) is 2.65. The number of nitrogens with one attached hydrogen (secondary N) is 1. The molecule has 0 aromatic heterocycles. The molecule has 0 bridgehead atoms. The van der Waals surface area contributed by atoms with E-state index in [0.717, 1.165) is 19.3 Å². The first-order valence-electron chi connectivity index (χ1n) is 6.93. The number of hydrogen-bond donors (Lipinski definition) is 3. The van der Waals surface area contributed by atoms with Crippen molar-refractivity contribution >= 4 is 5.91 Å². The lowest BCUT2D eigenvalue weighted by Gasteiger charge is -2.17. The van der Waals surface area contributed by atoms with Crippen molar-refractivity contribution < 1.29 is 4.79 Å². The van der Waals surface area contributed by atoms with Gasteiger partial charge in [-0.05, 0) is 38.3 Å². The monoisotopic (exact) mass is 263 g/mol. The molecule has 4 nitrogen and oxygen atoms in total. The molecule has 0 spiro atoms. The Labute approximate surface area is 115 Å². The van der Waals surface area contributed by atoms with Crippen LogP contribution in [-0.4, -0.2) is 24.5 Å². The average Bonchev–Trinajstić information content (AvgIpc) is 2.39. The number of nitrogens with two attached hydrogens (primary N) is 2. The SMILES string of the molecule is C[C@@H](Cc1ccccc1)NC(=O)[C@@H](N)CCCCN. The largest absolute Gasteiger partial charge is 0.352 e. The first kappa shape index (κ1) is 15.7. The highest BCUT2D eigenvalue weighted by atomic mass is 16.2. The zero-order valence-electron chi connectivity index (χ0n) is 11.6. The van der Waals surface area contributed by atoms with Gasteiger partial charge >= 0.3 is 0 Å². The maximum atomic E-state index is 11.9. The molecule has 0 fully saturated rings. The normalized spacial score (nSPS) is 13.8. The molecule has 0 aliphatic carbocycles. The van der Waals surface area contributed by atoms with Crippen molar-refractivity contribution in [1.29, 1.82) is 0 Å². The minimum Gasteiger partial charge on any atom is -0.352 e. The second-order valence-corrected chi connectivity index (χ2v) is 4.99. The molecule has 1 rings (SSSR count). The molecule has 1 amide bonds. The third kappa shape index (κ3) is 6.36. The van der Waals surface area contributed by atoms with E-state index < -0.39 is 6.04 Å². The van der Waals surface area contributed by atoms with Crippen molar-refractivity contribution in [3.05, 3.63) is 35.9 Å². The van der Waals surface area contributed by atoms with Gasteiger partial charge in [-0.25, -0.2) is 0 Å². The third-order valence-electron chi connectivity index (χ3n) is 3.08. The number of rotatable bonds is 8. The average molecular weight is 263 g/mol. The topological polar surface area (TPSA) is 81.1 Å². The molecule has 0 radical (unpaired) electrons. The number of hydrogen-bond acceptors (Lipinski definition) is 3. The fraction of sp³-hybridized carbons (Fsp3) is 0.533. The van der Waals surface area contributed by atoms with Gasteiger partial charge in [-0.3, -0.25) is 4.79 Å². The molecule has 0 saturated carbocycles. The third-order valence-corrected chi connectivity index (χ3v) is 3.08. The molecule has 0 saturated heterocycles. The van der Waals surface area contributed by atoms with Gasteiger partial charge in [0.2, 0.25) is 5.91 Å². The van der Waals surface area contributed by atoms with Gasteiger partial charge in [-0.2, -0.15) is 0 Å². The number of carbonyl (C=O) groups excluding carboxylic acids is 1. The van der Waals surface area contributed by atoms with Gasteiger partial charge < -0.3 is 16.8 Å². The predicted octanol–water partition coefficient (Wildman–Crippen LogP) is 1.19. The van der Waals surface area contributed by atoms with Gasteiger partial charge in [0.05, 0.1) is 6.04 Å². The van der Waals surface area contributed by atoms with E-state index in [0.29, 0.717) is 13.0 Å². The van der Waals surface area contributed by atoms with Crippen molar-refractivity contribution in [3.63, 3.8) is 0 Å². The van der Waals surface area contributed by atoms with Crippen LogP contribution in [0.5, 0.6) is 0 Å². The summed E-state index contributed by atoms with van der Waals surface area (Å²) in [7, 11) is 0. The Hall–Kier alpha value is -1.39. The molecule has 106 valence electrons. The van der Waals surface area contributed by atoms with E-state index in [9.17, 15) is 4.79 Å². The van der Waals surface area contributed by atoms with Crippen LogP contribution in [0.3, 0.4) is 0 Å². The van der Waals surface area contributed by atoms with E-state index in [4.69, 9.17) is 11.5 Å². The molecule has 1 aromatic rings. The predicted molar refractivity (Wildman–Crippen MR) is 78.6 cm³/mol. The lowest BCUT2D eigenvalue weighted by atomic mass is 10.1. The second-order valence-electron chi connectivity index (χ2n) is 4.99. The van der Waals surface area contributed by atoms with Crippen LogP contribution in [0.25, 0.3) is 0 Å². The first-order chi connectivity index (χ1) is 9.13. The summed E-state index contributed by atoms with van der Waals surface area (Å²) in [6.07, 6.45) is 3.34. The Balaban J connectivity index is 2.31. The zero-order chi connectivity index (χ0) is 14.1. The molecule has 0 unspecified atom stereocenters. The fourth-order valence-electron chi connectivity index (χ4n) is 2.01. The summed E-state index contributed by atoms with van der Waals surface area (Å²) in [5.74, 6) is -0.0690. The van der Waals surface area contributed by atoms with E-state index in [-0.39, 0.29) is 11.9 Å². The van der Waals surface area contributed by atoms with Crippen LogP contribution in [-0.2, 0) is 11.2 Å². The molecule has 0 aliphatic rings. The first-order valence-corrected chi connectivity index (χ1v) is 6.93. The highest BCUT2D eigenvalue weighted by molar-refractivity contribution is 5.81. The fourth-order valence-corrected chi connectivity index (χ4v) is 2.01. The van der Waals surface area contributed by atoms with Crippen LogP contribution in [0.15, 0.2) is 30.3 Å². The molecular formula is C15H25N3O. The second kappa shape index (κ2) is 8.67. The van der Waals surface area contributed by atoms with Crippen LogP contribution in [0.4, 0.5) is 0 Å². The minimum atomic E-state index is -0.426. The number of amides is 1. The van der Waals surface area contributed by atoms with Gasteiger partial charge in [0.1, 0.15) is 0 Å². The van der Waals surface area contributed by atoms with E-state index in [2.05, 4.69) is 17.4 Å². The van der Waals surface area contributed by atoms with Crippen molar-refractivity contribution in [2.24, 2.45) is 11.5 Å². The Morgan fingerprint density at radius 2 is 1.95 bits per heavy atom. The Kier molecular flexibility index (Phi) is 7.15. The van der Waals surface area contributed by atoms with Crippen LogP contribution < -0.4 is 16.8 Å². The zero-order valence-corrected chi connectivity index (χ0v) is 11.6. The van der Waals surface area contributed by atoms with Crippen LogP contribution in [0.2, 0.25) is 0 Å². The number of unbranched alkanes of at least 4 members (excludes halogenated alkanes) is 1. The van der Waals surface area contributed by atoms with Gasteiger partial charge in [0.15, 0.2) is 0 Å². The van der Waals surface area contributed by atoms with Gasteiger partial charge in [-0.1, -0.05) is 36.8 Å². The molecule has 0 heterocycles. The van der Waals surface area contributed by atoms with E-state index in [1.807, 2.05) is 25.1 Å². The maximum absolute atomic E-state index is 11.9. The maximum Gasteiger partial charge on any atom is 0.237 e. The number of carbonyl (C=O) groups is 1. The molecule has 2 atom stereocenters. The van der Waals surface area contributed by atoms with Gasteiger partial charge in [0, 0.05) is 6.04 Å². The standard InChI is InChI=1S/C15H25N3O/c1-12(11-13-7-3-2-4-8-13)18-15(19)14(17)9-5-6-10-16/h2-4,7-8,12,14H,5-6,9-11,16-17H2,1H3,(H,18,19)/t12-,14-/m0/s1. The summed E-state index contributed by atoms with van der Waals surface area (Å²) in [6, 6.07) is 9.78. The highest BCUT2D eigenvalue weighted by Crippen LogP contribution is 2.04. The highest BCUT2D eigenvalue weighted by Gasteiger charge is 2.15. The van der Waals surface area contributed by atoms with Crippen molar-refractivity contribution in [3.8, 4) is 0 Å². The van der Waals surface area contributed by atoms with E-state index >= 15 is 0 Å². The molecule has 1 aromatic carbocycles. The molecule has 4 heteroatoms. The van der Waals surface area contributed by atoms with Crippen LogP contribution >= 0.6 is 0 Å².